The number of pyridine rings is 1. The molecule has 0 atom stereocenters. The fraction of sp³-hybridized carbons (Fsp3) is 0.182. The van der Waals surface area contributed by atoms with Crippen molar-refractivity contribution in [3.63, 3.8) is 0 Å². The average Bonchev–Trinajstić information content (AvgIpc) is 2.94. The Morgan fingerprint density at radius 3 is 2.50 bits per heavy atom. The van der Waals surface area contributed by atoms with Crippen molar-refractivity contribution >= 4 is 33.4 Å². The first-order chi connectivity index (χ1) is 13.4. The molecular weight excluding hydrogens is 352 g/mol. The van der Waals surface area contributed by atoms with E-state index in [1.54, 1.807) is 19.5 Å². The molecule has 0 saturated heterocycles. The van der Waals surface area contributed by atoms with Crippen LogP contribution in [0, 0.1) is 20.8 Å². The van der Waals surface area contributed by atoms with E-state index in [0.717, 1.165) is 49.8 Å². The van der Waals surface area contributed by atoms with E-state index in [4.69, 9.17) is 16.2 Å². The number of hydrogen-bond donors (Lipinski definition) is 2. The summed E-state index contributed by atoms with van der Waals surface area (Å²) < 4.78 is 7.43. The summed E-state index contributed by atoms with van der Waals surface area (Å²) in [5.41, 5.74) is 17.2. The van der Waals surface area contributed by atoms with Crippen molar-refractivity contribution in [2.24, 2.45) is 5.73 Å². The second-order valence-corrected chi connectivity index (χ2v) is 7.03. The lowest BCUT2D eigenvalue weighted by Crippen LogP contribution is -2.14. The Hall–Kier alpha value is -3.54. The van der Waals surface area contributed by atoms with Gasteiger partial charge in [-0.25, -0.2) is 0 Å². The first-order valence-electron chi connectivity index (χ1n) is 8.98. The number of rotatable bonds is 3. The van der Waals surface area contributed by atoms with E-state index in [-0.39, 0.29) is 0 Å². The van der Waals surface area contributed by atoms with E-state index in [9.17, 15) is 4.79 Å². The highest BCUT2D eigenvalue weighted by molar-refractivity contribution is 6.19. The maximum atomic E-state index is 12.3. The Morgan fingerprint density at radius 1 is 1.07 bits per heavy atom. The fourth-order valence-electron chi connectivity index (χ4n) is 4.11. The normalized spacial score (nSPS) is 11.3. The molecule has 2 aromatic heterocycles. The third-order valence-corrected chi connectivity index (χ3v) is 5.38. The van der Waals surface area contributed by atoms with Crippen LogP contribution in [0.1, 0.15) is 27.0 Å². The van der Waals surface area contributed by atoms with Crippen LogP contribution in [0.3, 0.4) is 0 Å². The highest BCUT2D eigenvalue weighted by Gasteiger charge is 2.25. The second kappa shape index (κ2) is 6.27. The summed E-state index contributed by atoms with van der Waals surface area (Å²) in [5.74, 6) is 0.511. The Labute approximate surface area is 162 Å². The lowest BCUT2D eigenvalue weighted by atomic mass is 10.0. The van der Waals surface area contributed by atoms with Gasteiger partial charge < -0.3 is 16.2 Å². The van der Waals surface area contributed by atoms with Gasteiger partial charge in [-0.1, -0.05) is 6.07 Å². The highest BCUT2D eigenvalue weighted by atomic mass is 16.5. The zero-order chi connectivity index (χ0) is 20.2. The van der Waals surface area contributed by atoms with Crippen LogP contribution in [0.15, 0.2) is 36.7 Å². The zero-order valence-electron chi connectivity index (χ0n) is 16.3. The predicted molar refractivity (Wildman–Crippen MR) is 112 cm³/mol. The van der Waals surface area contributed by atoms with Crippen LogP contribution in [0.5, 0.6) is 5.75 Å². The number of methoxy groups -OCH3 is 1. The fourth-order valence-corrected chi connectivity index (χ4v) is 4.11. The molecule has 0 unspecified atom stereocenters. The summed E-state index contributed by atoms with van der Waals surface area (Å²) in [4.78, 5) is 16.6. The van der Waals surface area contributed by atoms with E-state index < -0.39 is 5.91 Å². The van der Waals surface area contributed by atoms with Crippen LogP contribution in [-0.2, 0) is 0 Å². The molecule has 6 heteroatoms. The summed E-state index contributed by atoms with van der Waals surface area (Å²) in [5, 5.41) is 2.69. The first-order valence-corrected chi connectivity index (χ1v) is 8.98. The van der Waals surface area contributed by atoms with Crippen molar-refractivity contribution < 1.29 is 9.53 Å². The number of carbonyl (C=O) groups is 1. The van der Waals surface area contributed by atoms with Gasteiger partial charge in [0.25, 0.3) is 5.91 Å². The Morgan fingerprint density at radius 2 is 1.82 bits per heavy atom. The van der Waals surface area contributed by atoms with Crippen LogP contribution in [-0.4, -0.2) is 22.6 Å². The van der Waals surface area contributed by atoms with E-state index in [1.807, 2.05) is 49.6 Å². The Balaban J connectivity index is 2.30. The van der Waals surface area contributed by atoms with Crippen LogP contribution < -0.4 is 16.2 Å². The molecule has 0 saturated carbocycles. The number of fused-ring (bicyclic) bond motifs is 3. The number of nitrogens with zero attached hydrogens (tertiary/aromatic N) is 2. The van der Waals surface area contributed by atoms with Crippen LogP contribution in [0.2, 0.25) is 0 Å². The van der Waals surface area contributed by atoms with Crippen molar-refractivity contribution in [2.45, 2.75) is 20.8 Å². The molecule has 0 bridgehead atoms. The summed E-state index contributed by atoms with van der Waals surface area (Å²) in [6, 6.07) is 7.84. The van der Waals surface area contributed by atoms with Gasteiger partial charge >= 0.3 is 0 Å². The number of nitrogens with two attached hydrogens (primary N) is 2. The second-order valence-electron chi connectivity index (χ2n) is 7.03. The molecule has 28 heavy (non-hydrogen) atoms. The number of amides is 1. The predicted octanol–water partition coefficient (Wildman–Crippen LogP) is 3.79. The highest BCUT2D eigenvalue weighted by Crippen LogP contribution is 2.40. The lowest BCUT2D eigenvalue weighted by Gasteiger charge is -2.18. The largest absolute Gasteiger partial charge is 0.496 e. The minimum Gasteiger partial charge on any atom is -0.496 e. The van der Waals surface area contributed by atoms with E-state index in [1.165, 1.54) is 0 Å². The van der Waals surface area contributed by atoms with Crippen molar-refractivity contribution in [1.29, 1.82) is 0 Å². The molecule has 0 aliphatic rings. The van der Waals surface area contributed by atoms with Gasteiger partial charge in [-0.2, -0.15) is 0 Å². The van der Waals surface area contributed by atoms with Crippen molar-refractivity contribution in [2.75, 3.05) is 12.8 Å². The molecule has 0 fully saturated rings. The van der Waals surface area contributed by atoms with Gasteiger partial charge in [-0.05, 0) is 55.5 Å². The topological polar surface area (TPSA) is 96.2 Å². The molecule has 6 nitrogen and oxygen atoms in total. The van der Waals surface area contributed by atoms with Gasteiger partial charge in [-0.15, -0.1) is 0 Å². The monoisotopic (exact) mass is 374 g/mol. The van der Waals surface area contributed by atoms with Crippen molar-refractivity contribution in [3.05, 3.63) is 58.9 Å². The van der Waals surface area contributed by atoms with E-state index in [0.29, 0.717) is 11.4 Å². The number of benzene rings is 2. The lowest BCUT2D eigenvalue weighted by molar-refractivity contribution is 0.100. The molecule has 4 N–H and O–H groups in total. The zero-order valence-corrected chi connectivity index (χ0v) is 16.3. The smallest absolute Gasteiger partial charge is 0.253 e. The van der Waals surface area contributed by atoms with Gasteiger partial charge in [0, 0.05) is 28.7 Å². The summed E-state index contributed by atoms with van der Waals surface area (Å²) in [6.07, 6.45) is 3.56. The van der Waals surface area contributed by atoms with E-state index >= 15 is 0 Å². The minimum atomic E-state index is -0.554. The van der Waals surface area contributed by atoms with Crippen LogP contribution >= 0.6 is 0 Å². The quantitative estimate of drug-likeness (QED) is 0.570. The number of carbonyl (C=O) groups excluding carboxylic acids is 1. The minimum absolute atomic E-state index is 0.317. The van der Waals surface area contributed by atoms with Gasteiger partial charge in [0.2, 0.25) is 0 Å². The molecular formula is C22H22N4O2. The molecule has 0 spiro atoms. The Kier molecular flexibility index (Phi) is 4.00. The van der Waals surface area contributed by atoms with Crippen molar-refractivity contribution in [3.8, 4) is 11.4 Å². The number of aryl methyl sites for hydroxylation is 2. The Bertz CT molecular complexity index is 1270. The number of anilines is 1. The third-order valence-electron chi connectivity index (χ3n) is 5.38. The SMILES string of the molecule is COc1ccc(C)c(-n2c(N)c(C(N)=O)c3cc(C)c4ccncc4c32)c1C. The standard InChI is InChI=1S/C22H22N4O2/c1-11-5-6-17(28-4)13(3)19(11)26-20-15(18(21(26)23)22(24)27)9-12(2)14-7-8-25-10-16(14)20/h5-10H,23H2,1-4H3,(H2,24,27). The third kappa shape index (κ3) is 2.34. The average molecular weight is 374 g/mol. The van der Waals surface area contributed by atoms with Crippen molar-refractivity contribution in [1.82, 2.24) is 9.55 Å². The van der Waals surface area contributed by atoms with Crippen LogP contribution in [0.25, 0.3) is 27.4 Å². The number of ether oxygens (including phenoxy) is 1. The number of aromatic nitrogens is 2. The van der Waals surface area contributed by atoms with Crippen LogP contribution in [0.4, 0.5) is 5.82 Å². The maximum Gasteiger partial charge on any atom is 0.253 e. The molecule has 142 valence electrons. The van der Waals surface area contributed by atoms with Gasteiger partial charge in [0.05, 0.1) is 23.9 Å². The van der Waals surface area contributed by atoms with Gasteiger partial charge in [0.15, 0.2) is 0 Å². The number of primary amides is 1. The molecule has 4 rings (SSSR count). The summed E-state index contributed by atoms with van der Waals surface area (Å²) >= 11 is 0. The molecule has 1 amide bonds. The molecule has 0 radical (unpaired) electrons. The number of hydrogen-bond acceptors (Lipinski definition) is 4. The maximum absolute atomic E-state index is 12.3. The molecule has 0 aliphatic heterocycles. The molecule has 2 heterocycles. The van der Waals surface area contributed by atoms with Gasteiger partial charge in [0.1, 0.15) is 11.6 Å². The summed E-state index contributed by atoms with van der Waals surface area (Å²) in [6.45, 7) is 5.98. The molecule has 4 aromatic rings. The van der Waals surface area contributed by atoms with Gasteiger partial charge in [-0.3, -0.25) is 14.3 Å². The molecule has 2 aromatic carbocycles. The number of nitrogen functional groups attached to an aromatic ring is 1. The molecule has 0 aliphatic carbocycles. The summed E-state index contributed by atoms with van der Waals surface area (Å²) in [7, 11) is 1.64. The first kappa shape index (κ1) is 17.9. The van der Waals surface area contributed by atoms with E-state index in [2.05, 4.69) is 4.98 Å².